The van der Waals surface area contributed by atoms with Crippen molar-refractivity contribution in [2.75, 3.05) is 11.9 Å². The van der Waals surface area contributed by atoms with Crippen LogP contribution in [0.1, 0.15) is 51.8 Å². The number of thiazole rings is 1. The first-order valence-electron chi connectivity index (χ1n) is 9.25. The molecule has 1 N–H and O–H groups in total. The third-order valence-electron chi connectivity index (χ3n) is 4.59. The zero-order valence-electron chi connectivity index (χ0n) is 16.2. The van der Waals surface area contributed by atoms with Gasteiger partial charge in [0.15, 0.2) is 5.13 Å². The lowest BCUT2D eigenvalue weighted by Crippen LogP contribution is -2.35. The maximum absolute atomic E-state index is 12.7. The van der Waals surface area contributed by atoms with Gasteiger partial charge in [0.25, 0.3) is 17.7 Å². The zero-order valence-corrected chi connectivity index (χ0v) is 17.0. The van der Waals surface area contributed by atoms with Crippen molar-refractivity contribution in [2.24, 2.45) is 0 Å². The van der Waals surface area contributed by atoms with Crippen molar-refractivity contribution in [3.8, 4) is 5.75 Å². The standard InChI is InChI=1S/C21H19N3O4S/c1-4-28-13-6-8-16-17(10-13)29-21(22-16)23-18(25)12-5-7-14-15(9-12)20(27)24(11(2)3)19(14)26/h5-11H,4H2,1-3H3,(H,22,23,25). The molecule has 3 amide bonds. The molecule has 0 unspecified atom stereocenters. The molecule has 2 heterocycles. The number of carbonyl (C=O) groups excluding carboxylic acids is 3. The summed E-state index contributed by atoms with van der Waals surface area (Å²) in [6.07, 6.45) is 0. The minimum Gasteiger partial charge on any atom is -0.494 e. The number of benzene rings is 2. The van der Waals surface area contributed by atoms with E-state index in [1.807, 2.05) is 25.1 Å². The van der Waals surface area contributed by atoms with E-state index in [-0.39, 0.29) is 29.3 Å². The van der Waals surface area contributed by atoms with E-state index in [9.17, 15) is 14.4 Å². The van der Waals surface area contributed by atoms with Crippen molar-refractivity contribution >= 4 is 44.4 Å². The average Bonchev–Trinajstić information content (AvgIpc) is 3.19. The average molecular weight is 409 g/mol. The SMILES string of the molecule is CCOc1ccc2nc(NC(=O)c3ccc4c(c3)C(=O)N(C(C)C)C4=O)sc2c1. The van der Waals surface area contributed by atoms with Crippen LogP contribution in [-0.2, 0) is 0 Å². The van der Waals surface area contributed by atoms with Gasteiger partial charge in [-0.3, -0.25) is 24.6 Å². The molecule has 4 rings (SSSR count). The summed E-state index contributed by atoms with van der Waals surface area (Å²) in [5.74, 6) is -0.348. The molecule has 1 aliphatic heterocycles. The molecule has 0 aliphatic carbocycles. The quantitative estimate of drug-likeness (QED) is 0.645. The molecule has 0 radical (unpaired) electrons. The molecule has 8 heteroatoms. The Hall–Kier alpha value is -3.26. The summed E-state index contributed by atoms with van der Waals surface area (Å²) in [5.41, 5.74) is 1.63. The Morgan fingerprint density at radius 2 is 1.90 bits per heavy atom. The number of nitrogens with one attached hydrogen (secondary N) is 1. The van der Waals surface area contributed by atoms with Gasteiger partial charge in [-0.2, -0.15) is 0 Å². The Balaban J connectivity index is 1.58. The highest BCUT2D eigenvalue weighted by Gasteiger charge is 2.37. The first-order chi connectivity index (χ1) is 13.9. The molecule has 0 fully saturated rings. The van der Waals surface area contributed by atoms with Gasteiger partial charge >= 0.3 is 0 Å². The first kappa shape index (κ1) is 19.1. The largest absolute Gasteiger partial charge is 0.494 e. The highest BCUT2D eigenvalue weighted by molar-refractivity contribution is 7.22. The zero-order chi connectivity index (χ0) is 20.7. The summed E-state index contributed by atoms with van der Waals surface area (Å²) >= 11 is 1.34. The molecule has 0 saturated heterocycles. The second kappa shape index (κ2) is 7.29. The molecule has 0 spiro atoms. The van der Waals surface area contributed by atoms with Gasteiger partial charge in [0.1, 0.15) is 5.75 Å². The van der Waals surface area contributed by atoms with Gasteiger partial charge in [-0.05, 0) is 57.2 Å². The molecular formula is C21H19N3O4S. The Labute approximate surface area is 171 Å². The molecule has 1 aromatic heterocycles. The number of amides is 3. The summed E-state index contributed by atoms with van der Waals surface area (Å²) in [6, 6.07) is 9.85. The third-order valence-corrected chi connectivity index (χ3v) is 5.52. The van der Waals surface area contributed by atoms with Gasteiger partial charge in [-0.25, -0.2) is 4.98 Å². The molecule has 0 atom stereocenters. The van der Waals surface area contributed by atoms with Gasteiger partial charge < -0.3 is 4.74 Å². The Morgan fingerprint density at radius 1 is 1.14 bits per heavy atom. The van der Waals surface area contributed by atoms with Crippen LogP contribution in [-0.4, -0.2) is 40.3 Å². The van der Waals surface area contributed by atoms with Crippen LogP contribution >= 0.6 is 11.3 Å². The number of rotatable bonds is 5. The summed E-state index contributed by atoms with van der Waals surface area (Å²) in [4.78, 5) is 43.2. The van der Waals surface area contributed by atoms with Crippen molar-refractivity contribution in [2.45, 2.75) is 26.8 Å². The van der Waals surface area contributed by atoms with Gasteiger partial charge in [-0.15, -0.1) is 0 Å². The van der Waals surface area contributed by atoms with Crippen molar-refractivity contribution < 1.29 is 19.1 Å². The molecular weight excluding hydrogens is 390 g/mol. The lowest BCUT2D eigenvalue weighted by molar-refractivity contribution is 0.0609. The van der Waals surface area contributed by atoms with E-state index in [0.717, 1.165) is 16.0 Å². The Morgan fingerprint density at radius 3 is 2.62 bits per heavy atom. The van der Waals surface area contributed by atoms with E-state index in [1.54, 1.807) is 19.9 Å². The predicted molar refractivity (Wildman–Crippen MR) is 111 cm³/mol. The Kier molecular flexibility index (Phi) is 4.79. The van der Waals surface area contributed by atoms with Crippen LogP contribution < -0.4 is 10.1 Å². The monoisotopic (exact) mass is 409 g/mol. The summed E-state index contributed by atoms with van der Waals surface area (Å²) in [6.45, 7) is 6.04. The van der Waals surface area contributed by atoms with Crippen LogP contribution in [0.25, 0.3) is 10.2 Å². The minimum absolute atomic E-state index is 0.246. The molecule has 148 valence electrons. The van der Waals surface area contributed by atoms with E-state index in [4.69, 9.17) is 4.74 Å². The highest BCUT2D eigenvalue weighted by atomic mass is 32.1. The van der Waals surface area contributed by atoms with Crippen molar-refractivity contribution in [1.82, 2.24) is 9.88 Å². The molecule has 2 aromatic carbocycles. The number of nitrogens with zero attached hydrogens (tertiary/aromatic N) is 2. The lowest BCUT2D eigenvalue weighted by Gasteiger charge is -2.17. The molecule has 7 nitrogen and oxygen atoms in total. The van der Waals surface area contributed by atoms with Crippen LogP contribution in [0.5, 0.6) is 5.75 Å². The van der Waals surface area contributed by atoms with Gasteiger partial charge in [-0.1, -0.05) is 11.3 Å². The van der Waals surface area contributed by atoms with Crippen LogP contribution in [0.4, 0.5) is 5.13 Å². The fraction of sp³-hybridized carbons (Fsp3) is 0.238. The van der Waals surface area contributed by atoms with Crippen LogP contribution in [0, 0.1) is 0 Å². The summed E-state index contributed by atoms with van der Waals surface area (Å²) in [7, 11) is 0. The fourth-order valence-electron chi connectivity index (χ4n) is 3.25. The normalized spacial score (nSPS) is 13.3. The van der Waals surface area contributed by atoms with Crippen LogP contribution in [0.2, 0.25) is 0 Å². The van der Waals surface area contributed by atoms with Gasteiger partial charge in [0.05, 0.1) is 28.0 Å². The predicted octanol–water partition coefficient (Wildman–Crippen LogP) is 3.95. The van der Waals surface area contributed by atoms with Crippen LogP contribution in [0.3, 0.4) is 0 Å². The topological polar surface area (TPSA) is 88.6 Å². The number of anilines is 1. The number of imide groups is 1. The maximum atomic E-state index is 12.7. The second-order valence-electron chi connectivity index (χ2n) is 6.87. The maximum Gasteiger partial charge on any atom is 0.261 e. The van der Waals surface area contributed by atoms with Crippen LogP contribution in [0.15, 0.2) is 36.4 Å². The summed E-state index contributed by atoms with van der Waals surface area (Å²) in [5, 5.41) is 3.22. The number of ether oxygens (including phenoxy) is 1. The number of aromatic nitrogens is 1. The van der Waals surface area contributed by atoms with Gasteiger partial charge in [0, 0.05) is 11.6 Å². The molecule has 3 aromatic rings. The smallest absolute Gasteiger partial charge is 0.261 e. The van der Waals surface area contributed by atoms with E-state index >= 15 is 0 Å². The molecule has 29 heavy (non-hydrogen) atoms. The number of fused-ring (bicyclic) bond motifs is 2. The van der Waals surface area contributed by atoms with Crippen molar-refractivity contribution in [3.05, 3.63) is 53.1 Å². The first-order valence-corrected chi connectivity index (χ1v) is 10.1. The molecule has 0 saturated carbocycles. The van der Waals surface area contributed by atoms with E-state index in [0.29, 0.717) is 22.9 Å². The fourth-order valence-corrected chi connectivity index (χ4v) is 4.14. The highest BCUT2D eigenvalue weighted by Crippen LogP contribution is 2.30. The number of hydrogen-bond acceptors (Lipinski definition) is 6. The lowest BCUT2D eigenvalue weighted by atomic mass is 10.1. The number of carbonyl (C=O) groups is 3. The van der Waals surface area contributed by atoms with E-state index in [2.05, 4.69) is 10.3 Å². The molecule has 0 bridgehead atoms. The number of hydrogen-bond donors (Lipinski definition) is 1. The van der Waals surface area contributed by atoms with Crippen molar-refractivity contribution in [3.63, 3.8) is 0 Å². The van der Waals surface area contributed by atoms with Crippen molar-refractivity contribution in [1.29, 1.82) is 0 Å². The van der Waals surface area contributed by atoms with E-state index < -0.39 is 0 Å². The minimum atomic E-state index is -0.389. The summed E-state index contributed by atoms with van der Waals surface area (Å²) < 4.78 is 6.39. The van der Waals surface area contributed by atoms with E-state index in [1.165, 1.54) is 28.4 Å². The third kappa shape index (κ3) is 3.36. The second-order valence-corrected chi connectivity index (χ2v) is 7.90. The molecule has 1 aliphatic rings. The van der Waals surface area contributed by atoms with Gasteiger partial charge in [0.2, 0.25) is 0 Å². The Bertz CT molecular complexity index is 1150.